The number of aryl methyl sites for hydroxylation is 1. The van der Waals surface area contributed by atoms with Gasteiger partial charge >= 0.3 is 5.97 Å². The normalized spacial score (nSPS) is 17.8. The van der Waals surface area contributed by atoms with Crippen molar-refractivity contribution in [3.8, 4) is 0 Å². The van der Waals surface area contributed by atoms with Crippen LogP contribution in [0.1, 0.15) is 62.4 Å². The molecule has 0 spiro atoms. The van der Waals surface area contributed by atoms with Crippen molar-refractivity contribution in [3.05, 3.63) is 71.8 Å². The number of carboxylic acids is 1. The highest BCUT2D eigenvalue weighted by molar-refractivity contribution is 7.60. The summed E-state index contributed by atoms with van der Waals surface area (Å²) in [5.41, 5.74) is -0.162. The van der Waals surface area contributed by atoms with Gasteiger partial charge in [0.2, 0.25) is 13.3 Å². The van der Waals surface area contributed by atoms with Crippen molar-refractivity contribution in [2.45, 2.75) is 64.6 Å². The molecule has 2 unspecified atom stereocenters. The maximum atomic E-state index is 14.7. The van der Waals surface area contributed by atoms with Crippen LogP contribution in [0.5, 0.6) is 0 Å². The number of benzene rings is 2. The molecule has 1 aliphatic rings. The molecular formula is C30H38NO7P. The van der Waals surface area contributed by atoms with E-state index in [-0.39, 0.29) is 24.5 Å². The molecule has 1 amide bonds. The highest BCUT2D eigenvalue weighted by Gasteiger charge is 2.43. The molecule has 1 fully saturated rings. The summed E-state index contributed by atoms with van der Waals surface area (Å²) in [6.45, 7) is 4.96. The highest BCUT2D eigenvalue weighted by atomic mass is 31.2. The summed E-state index contributed by atoms with van der Waals surface area (Å²) >= 11 is 0. The number of ketones is 2. The molecule has 0 aliphatic carbocycles. The van der Waals surface area contributed by atoms with E-state index in [1.54, 1.807) is 51.1 Å². The van der Waals surface area contributed by atoms with Gasteiger partial charge < -0.3 is 14.5 Å². The fraction of sp³-hybridized carbons (Fsp3) is 0.467. The fourth-order valence-electron chi connectivity index (χ4n) is 4.64. The lowest BCUT2D eigenvalue weighted by atomic mass is 9.91. The third-order valence-corrected chi connectivity index (χ3v) is 9.98. The van der Waals surface area contributed by atoms with Gasteiger partial charge in [0.05, 0.1) is 0 Å². The molecular weight excluding hydrogens is 517 g/mol. The minimum absolute atomic E-state index is 0.131. The van der Waals surface area contributed by atoms with Crippen LogP contribution >= 0.6 is 7.37 Å². The highest BCUT2D eigenvalue weighted by Crippen LogP contribution is 2.55. The van der Waals surface area contributed by atoms with Gasteiger partial charge in [-0.05, 0) is 31.2 Å². The predicted octanol–water partition coefficient (Wildman–Crippen LogP) is 5.25. The molecule has 0 saturated carbocycles. The Morgan fingerprint density at radius 1 is 1.03 bits per heavy atom. The minimum atomic E-state index is -3.96. The average Bonchev–Trinajstić information content (AvgIpc) is 3.41. The standard InChI is InChI=1S/C30H38NO7P/c1-30(2,3)27(33)20-38-39(37,21-28(34)31-18-10-15-25(31)29(35)36)24(17-16-22-11-6-4-7-12-22)19-26(32)23-13-8-5-9-14-23/h4-9,11-14,24-25H,10,15-21H2,1-3H3,(H,35,36)/t24?,25-,39?/m0/s1. The minimum Gasteiger partial charge on any atom is -0.480 e. The molecule has 0 radical (unpaired) electrons. The molecule has 9 heteroatoms. The van der Waals surface area contributed by atoms with E-state index in [2.05, 4.69) is 0 Å². The van der Waals surface area contributed by atoms with Crippen LogP contribution in [0.3, 0.4) is 0 Å². The van der Waals surface area contributed by atoms with Crippen LogP contribution in [0, 0.1) is 5.41 Å². The molecule has 3 rings (SSSR count). The SMILES string of the molecule is CC(C)(C)C(=O)COP(=O)(CC(=O)N1CCC[C@H]1C(=O)O)C(CCc1ccccc1)CC(=O)c1ccccc1. The molecule has 210 valence electrons. The van der Waals surface area contributed by atoms with Gasteiger partial charge in [-0.25, -0.2) is 4.79 Å². The Balaban J connectivity index is 1.94. The Labute approximate surface area is 230 Å². The van der Waals surface area contributed by atoms with E-state index in [9.17, 15) is 28.8 Å². The number of hydrogen-bond donors (Lipinski definition) is 1. The lowest BCUT2D eigenvalue weighted by Crippen LogP contribution is -2.42. The number of hydrogen-bond acceptors (Lipinski definition) is 6. The number of rotatable bonds is 13. The van der Waals surface area contributed by atoms with E-state index in [4.69, 9.17) is 4.52 Å². The number of carboxylic acid groups (broad SMARTS) is 1. The third kappa shape index (κ3) is 8.45. The monoisotopic (exact) mass is 555 g/mol. The Morgan fingerprint density at radius 2 is 1.64 bits per heavy atom. The summed E-state index contributed by atoms with van der Waals surface area (Å²) in [7, 11) is -3.96. The Hall–Kier alpha value is -3.09. The van der Waals surface area contributed by atoms with Gasteiger partial charge in [-0.1, -0.05) is 81.4 Å². The van der Waals surface area contributed by atoms with Gasteiger partial charge in [0.15, 0.2) is 11.6 Å². The van der Waals surface area contributed by atoms with Crippen LogP contribution in [0.15, 0.2) is 60.7 Å². The van der Waals surface area contributed by atoms with E-state index >= 15 is 0 Å². The zero-order valence-electron chi connectivity index (χ0n) is 22.9. The molecule has 1 saturated heterocycles. The van der Waals surface area contributed by atoms with Gasteiger partial charge in [-0.3, -0.25) is 18.9 Å². The number of nitrogens with zero attached hydrogens (tertiary/aromatic N) is 1. The maximum Gasteiger partial charge on any atom is 0.326 e. The molecule has 2 aromatic carbocycles. The summed E-state index contributed by atoms with van der Waals surface area (Å²) in [6.07, 6.45) is 0.936. The van der Waals surface area contributed by atoms with Gasteiger partial charge in [0, 0.05) is 29.6 Å². The number of Topliss-reactive ketones (excluding diaryl/α,β-unsaturated/α-hetero) is 2. The maximum absolute atomic E-state index is 14.7. The first kappa shape index (κ1) is 30.5. The summed E-state index contributed by atoms with van der Waals surface area (Å²) < 4.78 is 20.5. The lowest BCUT2D eigenvalue weighted by Gasteiger charge is -2.30. The molecule has 1 heterocycles. The Kier molecular flexibility index (Phi) is 10.4. The summed E-state index contributed by atoms with van der Waals surface area (Å²) in [5, 5.41) is 9.58. The van der Waals surface area contributed by atoms with Gasteiger partial charge in [-0.15, -0.1) is 0 Å². The van der Waals surface area contributed by atoms with Crippen LogP contribution in [0.2, 0.25) is 0 Å². The number of carbonyl (C=O) groups excluding carboxylic acids is 3. The van der Waals surface area contributed by atoms with Crippen molar-refractivity contribution in [1.29, 1.82) is 0 Å². The van der Waals surface area contributed by atoms with E-state index in [0.29, 0.717) is 31.2 Å². The van der Waals surface area contributed by atoms with E-state index < -0.39 is 49.1 Å². The van der Waals surface area contributed by atoms with Crippen molar-refractivity contribution in [2.24, 2.45) is 5.41 Å². The van der Waals surface area contributed by atoms with Crippen molar-refractivity contribution < 1.29 is 33.4 Å². The first-order chi connectivity index (χ1) is 18.4. The Morgan fingerprint density at radius 3 is 2.23 bits per heavy atom. The second kappa shape index (κ2) is 13.3. The van der Waals surface area contributed by atoms with Crippen molar-refractivity contribution in [1.82, 2.24) is 4.90 Å². The van der Waals surface area contributed by atoms with Crippen LogP contribution in [0.4, 0.5) is 0 Å². The average molecular weight is 556 g/mol. The van der Waals surface area contributed by atoms with E-state index in [1.165, 1.54) is 4.90 Å². The number of carbonyl (C=O) groups is 4. The molecule has 0 bridgehead atoms. The summed E-state index contributed by atoms with van der Waals surface area (Å²) in [6, 6.07) is 17.2. The smallest absolute Gasteiger partial charge is 0.326 e. The van der Waals surface area contributed by atoms with Gasteiger partial charge in [-0.2, -0.15) is 0 Å². The second-order valence-electron chi connectivity index (χ2n) is 11.1. The zero-order chi connectivity index (χ0) is 28.6. The molecule has 1 N–H and O–H groups in total. The first-order valence-electron chi connectivity index (χ1n) is 13.3. The summed E-state index contributed by atoms with van der Waals surface area (Å²) in [5.74, 6) is -2.23. The van der Waals surface area contributed by atoms with Crippen LogP contribution in [-0.4, -0.2) is 64.5 Å². The van der Waals surface area contributed by atoms with Crippen LogP contribution in [-0.2, 0) is 29.9 Å². The van der Waals surface area contributed by atoms with E-state index in [0.717, 1.165) is 5.56 Å². The number of aliphatic carboxylic acids is 1. The predicted molar refractivity (Wildman–Crippen MR) is 149 cm³/mol. The third-order valence-electron chi connectivity index (χ3n) is 7.15. The molecule has 0 aromatic heterocycles. The van der Waals surface area contributed by atoms with Gasteiger partial charge in [0.1, 0.15) is 18.8 Å². The van der Waals surface area contributed by atoms with Crippen molar-refractivity contribution in [2.75, 3.05) is 19.3 Å². The first-order valence-corrected chi connectivity index (χ1v) is 15.2. The molecule has 39 heavy (non-hydrogen) atoms. The number of amides is 1. The van der Waals surface area contributed by atoms with Crippen molar-refractivity contribution >= 4 is 30.8 Å². The quantitative estimate of drug-likeness (QED) is 0.265. The van der Waals surface area contributed by atoms with Crippen LogP contribution in [0.25, 0.3) is 0 Å². The van der Waals surface area contributed by atoms with Gasteiger partial charge in [0.25, 0.3) is 0 Å². The molecule has 3 atom stereocenters. The largest absolute Gasteiger partial charge is 0.480 e. The Bertz CT molecular complexity index is 1210. The zero-order valence-corrected chi connectivity index (χ0v) is 23.8. The topological polar surface area (TPSA) is 118 Å². The second-order valence-corrected chi connectivity index (χ2v) is 13.8. The van der Waals surface area contributed by atoms with Crippen molar-refractivity contribution in [3.63, 3.8) is 0 Å². The molecule has 2 aromatic rings. The van der Waals surface area contributed by atoms with E-state index in [1.807, 2.05) is 30.3 Å². The lowest BCUT2D eigenvalue weighted by molar-refractivity contribution is -0.147. The molecule has 8 nitrogen and oxygen atoms in total. The molecule has 1 aliphatic heterocycles. The number of likely N-dealkylation sites (tertiary alicyclic amines) is 1. The fourth-order valence-corrected chi connectivity index (χ4v) is 7.06. The summed E-state index contributed by atoms with van der Waals surface area (Å²) in [4.78, 5) is 52.4. The van der Waals surface area contributed by atoms with Crippen LogP contribution < -0.4 is 0 Å².